The molecule has 2 aromatic carbocycles. The second-order valence-corrected chi connectivity index (χ2v) is 5.25. The van der Waals surface area contributed by atoms with Crippen LogP contribution in [0.25, 0.3) is 0 Å². The number of carbonyl (C=O) groups excluding carboxylic acids is 2. The Balaban J connectivity index is 1.69. The van der Waals surface area contributed by atoms with Crippen LogP contribution in [0, 0.1) is 0 Å². The summed E-state index contributed by atoms with van der Waals surface area (Å²) < 4.78 is 15.1. The Morgan fingerprint density at radius 2 is 1.44 bits per heavy atom. The van der Waals surface area contributed by atoms with Crippen molar-refractivity contribution in [1.29, 1.82) is 0 Å². The molecule has 0 fully saturated rings. The Morgan fingerprint density at radius 3 is 2.00 bits per heavy atom. The number of carbonyl (C=O) groups is 2. The number of hydrogen-bond acceptors (Lipinski definition) is 5. The molecule has 0 spiro atoms. The monoisotopic (exact) mass is 343 g/mol. The van der Waals surface area contributed by atoms with Gasteiger partial charge in [0.05, 0.1) is 19.8 Å². The van der Waals surface area contributed by atoms with Crippen molar-refractivity contribution >= 4 is 11.9 Å². The van der Waals surface area contributed by atoms with Gasteiger partial charge in [-0.2, -0.15) is 0 Å². The molecule has 0 saturated heterocycles. The third kappa shape index (κ3) is 5.84. The van der Waals surface area contributed by atoms with Crippen LogP contribution in [-0.2, 0) is 16.0 Å². The van der Waals surface area contributed by atoms with Crippen LogP contribution in [-0.4, -0.2) is 39.2 Å². The third-order valence-electron chi connectivity index (χ3n) is 3.55. The van der Waals surface area contributed by atoms with Crippen molar-refractivity contribution in [2.45, 2.75) is 6.42 Å². The van der Waals surface area contributed by atoms with Crippen LogP contribution >= 0.6 is 0 Å². The van der Waals surface area contributed by atoms with Crippen molar-refractivity contribution < 1.29 is 23.8 Å². The first-order valence-corrected chi connectivity index (χ1v) is 7.83. The Hall–Kier alpha value is -3.02. The van der Waals surface area contributed by atoms with E-state index < -0.39 is 5.97 Å². The smallest absolute Gasteiger partial charge is 0.338 e. The van der Waals surface area contributed by atoms with Crippen LogP contribution in [0.4, 0.5) is 0 Å². The maximum Gasteiger partial charge on any atom is 0.338 e. The molecule has 25 heavy (non-hydrogen) atoms. The van der Waals surface area contributed by atoms with E-state index in [4.69, 9.17) is 14.2 Å². The predicted molar refractivity (Wildman–Crippen MR) is 93.0 cm³/mol. The molecule has 2 aromatic rings. The van der Waals surface area contributed by atoms with E-state index in [9.17, 15) is 9.59 Å². The van der Waals surface area contributed by atoms with Crippen LogP contribution in [0.3, 0.4) is 0 Å². The van der Waals surface area contributed by atoms with E-state index in [-0.39, 0.29) is 12.5 Å². The van der Waals surface area contributed by atoms with Gasteiger partial charge in [-0.05, 0) is 48.4 Å². The van der Waals surface area contributed by atoms with Gasteiger partial charge in [-0.15, -0.1) is 0 Å². The Labute approximate surface area is 146 Å². The number of rotatable bonds is 8. The first-order chi connectivity index (χ1) is 12.1. The van der Waals surface area contributed by atoms with Gasteiger partial charge < -0.3 is 19.5 Å². The van der Waals surface area contributed by atoms with Crippen molar-refractivity contribution in [3.8, 4) is 11.5 Å². The lowest BCUT2D eigenvalue weighted by atomic mass is 10.1. The van der Waals surface area contributed by atoms with Crippen molar-refractivity contribution in [1.82, 2.24) is 5.32 Å². The SMILES string of the molecule is COc1ccc(CCNC(=O)COC(=O)c2ccc(OC)cc2)cc1. The van der Waals surface area contributed by atoms with Gasteiger partial charge in [-0.3, -0.25) is 4.79 Å². The van der Waals surface area contributed by atoms with Gasteiger partial charge in [0, 0.05) is 6.54 Å². The van der Waals surface area contributed by atoms with Crippen molar-refractivity contribution in [3.05, 3.63) is 59.7 Å². The summed E-state index contributed by atoms with van der Waals surface area (Å²) in [5.41, 5.74) is 1.45. The number of methoxy groups -OCH3 is 2. The highest BCUT2D eigenvalue weighted by Crippen LogP contribution is 2.12. The lowest BCUT2D eigenvalue weighted by Crippen LogP contribution is -2.30. The second-order valence-electron chi connectivity index (χ2n) is 5.25. The van der Waals surface area contributed by atoms with Gasteiger partial charge in [0.15, 0.2) is 6.61 Å². The minimum absolute atomic E-state index is 0.312. The van der Waals surface area contributed by atoms with Crippen LogP contribution in [0.2, 0.25) is 0 Å². The highest BCUT2D eigenvalue weighted by atomic mass is 16.5. The van der Waals surface area contributed by atoms with Crippen LogP contribution in [0.5, 0.6) is 11.5 Å². The minimum atomic E-state index is -0.548. The summed E-state index contributed by atoms with van der Waals surface area (Å²) >= 11 is 0. The first-order valence-electron chi connectivity index (χ1n) is 7.83. The van der Waals surface area contributed by atoms with Gasteiger partial charge >= 0.3 is 5.97 Å². The van der Waals surface area contributed by atoms with Crippen LogP contribution < -0.4 is 14.8 Å². The molecular weight excluding hydrogens is 322 g/mol. The first kappa shape index (κ1) is 18.3. The maximum absolute atomic E-state index is 11.8. The van der Waals surface area contributed by atoms with Crippen LogP contribution in [0.1, 0.15) is 15.9 Å². The number of ether oxygens (including phenoxy) is 3. The van der Waals surface area contributed by atoms with E-state index in [0.29, 0.717) is 24.3 Å². The summed E-state index contributed by atoms with van der Waals surface area (Å²) in [5, 5.41) is 2.72. The molecule has 2 rings (SSSR count). The second kappa shape index (κ2) is 9.32. The molecule has 132 valence electrons. The van der Waals surface area contributed by atoms with Crippen molar-refractivity contribution in [2.75, 3.05) is 27.4 Å². The van der Waals surface area contributed by atoms with E-state index in [1.807, 2.05) is 24.3 Å². The number of benzene rings is 2. The van der Waals surface area contributed by atoms with Gasteiger partial charge in [0.1, 0.15) is 11.5 Å². The number of hydrogen-bond donors (Lipinski definition) is 1. The summed E-state index contributed by atoms with van der Waals surface area (Å²) in [4.78, 5) is 23.6. The lowest BCUT2D eigenvalue weighted by molar-refractivity contribution is -0.124. The number of amides is 1. The summed E-state index contributed by atoms with van der Waals surface area (Å²) in [6.45, 7) is 0.152. The maximum atomic E-state index is 11.8. The average molecular weight is 343 g/mol. The highest BCUT2D eigenvalue weighted by Gasteiger charge is 2.10. The molecule has 0 heterocycles. The van der Waals surface area contributed by atoms with Gasteiger partial charge in [0.2, 0.25) is 0 Å². The Morgan fingerprint density at radius 1 is 0.880 bits per heavy atom. The number of esters is 1. The molecule has 6 nitrogen and oxygen atoms in total. The summed E-state index contributed by atoms with van der Waals surface area (Å²) in [6, 6.07) is 14.1. The summed E-state index contributed by atoms with van der Waals surface area (Å²) in [6.07, 6.45) is 0.683. The fourth-order valence-corrected chi connectivity index (χ4v) is 2.13. The Bertz CT molecular complexity index is 695. The fourth-order valence-electron chi connectivity index (χ4n) is 2.13. The van der Waals surface area contributed by atoms with Gasteiger partial charge in [-0.25, -0.2) is 4.79 Å². The normalized spacial score (nSPS) is 10.0. The molecule has 1 N–H and O–H groups in total. The largest absolute Gasteiger partial charge is 0.497 e. The average Bonchev–Trinajstić information content (AvgIpc) is 2.66. The van der Waals surface area contributed by atoms with Gasteiger partial charge in [0.25, 0.3) is 5.91 Å². The Kier molecular flexibility index (Phi) is 6.83. The zero-order valence-electron chi connectivity index (χ0n) is 14.3. The molecule has 0 aliphatic rings. The predicted octanol–water partition coefficient (Wildman–Crippen LogP) is 2.22. The van der Waals surface area contributed by atoms with Crippen LogP contribution in [0.15, 0.2) is 48.5 Å². The zero-order valence-corrected chi connectivity index (χ0v) is 14.3. The van der Waals surface area contributed by atoms with Gasteiger partial charge in [-0.1, -0.05) is 12.1 Å². The summed E-state index contributed by atoms with van der Waals surface area (Å²) in [7, 11) is 3.16. The number of nitrogens with one attached hydrogen (secondary N) is 1. The fraction of sp³-hybridized carbons (Fsp3) is 0.263. The van der Waals surface area contributed by atoms with E-state index in [2.05, 4.69) is 5.32 Å². The quantitative estimate of drug-likeness (QED) is 0.744. The zero-order chi connectivity index (χ0) is 18.1. The van der Waals surface area contributed by atoms with E-state index in [0.717, 1.165) is 11.3 Å². The molecule has 0 aromatic heterocycles. The van der Waals surface area contributed by atoms with Crippen molar-refractivity contribution in [3.63, 3.8) is 0 Å². The summed E-state index contributed by atoms with van der Waals surface area (Å²) in [5.74, 6) is 0.550. The molecule has 0 unspecified atom stereocenters. The molecule has 0 bridgehead atoms. The third-order valence-corrected chi connectivity index (χ3v) is 3.55. The van der Waals surface area contributed by atoms with Crippen molar-refractivity contribution in [2.24, 2.45) is 0 Å². The lowest BCUT2D eigenvalue weighted by Gasteiger charge is -2.07. The molecule has 0 radical (unpaired) electrons. The molecule has 0 aliphatic carbocycles. The van der Waals surface area contributed by atoms with E-state index in [1.54, 1.807) is 38.5 Å². The molecule has 0 saturated carbocycles. The topological polar surface area (TPSA) is 73.9 Å². The minimum Gasteiger partial charge on any atom is -0.497 e. The highest BCUT2D eigenvalue weighted by molar-refractivity contribution is 5.91. The van der Waals surface area contributed by atoms with E-state index >= 15 is 0 Å². The molecule has 1 amide bonds. The molecule has 6 heteroatoms. The van der Waals surface area contributed by atoms with E-state index in [1.165, 1.54) is 0 Å². The standard InChI is InChI=1S/C19H21NO5/c1-23-16-7-3-14(4-8-16)11-12-20-18(21)13-25-19(22)15-5-9-17(24-2)10-6-15/h3-10H,11-13H2,1-2H3,(H,20,21). The molecular formula is C19H21NO5. The molecule has 0 aliphatic heterocycles. The molecule has 0 atom stereocenters.